The van der Waals surface area contributed by atoms with Crippen LogP contribution >= 0.6 is 11.8 Å². The van der Waals surface area contributed by atoms with E-state index in [0.29, 0.717) is 23.3 Å². The first-order chi connectivity index (χ1) is 14.7. The number of rotatable bonds is 5. The maximum absolute atomic E-state index is 13.3. The molecule has 0 bridgehead atoms. The number of thioether (sulfide) groups is 1. The highest BCUT2D eigenvalue weighted by molar-refractivity contribution is 7.99. The number of para-hydroxylation sites is 3. The Balaban J connectivity index is 1.47. The van der Waals surface area contributed by atoms with Gasteiger partial charge in [0.1, 0.15) is 0 Å². The molecular weight excluding hydrogens is 398 g/mol. The molecular formula is C23H23N3O3S. The van der Waals surface area contributed by atoms with Gasteiger partial charge in [-0.3, -0.25) is 13.9 Å². The maximum atomic E-state index is 13.3. The summed E-state index contributed by atoms with van der Waals surface area (Å²) in [7, 11) is 0. The number of fused-ring (bicyclic) bond motifs is 2. The fourth-order valence-corrected chi connectivity index (χ4v) is 5.33. The van der Waals surface area contributed by atoms with E-state index in [4.69, 9.17) is 9.40 Å². The molecule has 0 atom stereocenters. The molecule has 7 heteroatoms. The molecule has 154 valence electrons. The van der Waals surface area contributed by atoms with Gasteiger partial charge in [-0.1, -0.05) is 55.3 Å². The van der Waals surface area contributed by atoms with E-state index in [0.717, 1.165) is 41.9 Å². The molecule has 2 heterocycles. The molecule has 30 heavy (non-hydrogen) atoms. The van der Waals surface area contributed by atoms with Crippen molar-refractivity contribution in [1.29, 1.82) is 0 Å². The third kappa shape index (κ3) is 3.47. The van der Waals surface area contributed by atoms with Gasteiger partial charge < -0.3 is 4.42 Å². The van der Waals surface area contributed by atoms with Gasteiger partial charge in [-0.2, -0.15) is 0 Å². The van der Waals surface area contributed by atoms with Gasteiger partial charge >= 0.3 is 5.76 Å². The van der Waals surface area contributed by atoms with E-state index in [1.165, 1.54) is 18.2 Å². The van der Waals surface area contributed by atoms with Crippen molar-refractivity contribution >= 4 is 33.8 Å². The molecule has 0 unspecified atom stereocenters. The van der Waals surface area contributed by atoms with Crippen molar-refractivity contribution in [2.75, 3.05) is 5.75 Å². The van der Waals surface area contributed by atoms with Crippen LogP contribution in [0.5, 0.6) is 0 Å². The molecule has 2 aromatic heterocycles. The van der Waals surface area contributed by atoms with Gasteiger partial charge in [-0.25, -0.2) is 9.78 Å². The first kappa shape index (κ1) is 19.2. The number of benzene rings is 2. The third-order valence-corrected chi connectivity index (χ3v) is 6.77. The lowest BCUT2D eigenvalue weighted by molar-refractivity contribution is 0.326. The van der Waals surface area contributed by atoms with Gasteiger partial charge in [0.2, 0.25) is 0 Å². The van der Waals surface area contributed by atoms with Crippen molar-refractivity contribution < 1.29 is 4.42 Å². The van der Waals surface area contributed by atoms with Crippen LogP contribution in [-0.2, 0) is 6.54 Å². The molecule has 2 aromatic carbocycles. The van der Waals surface area contributed by atoms with Gasteiger partial charge in [0.25, 0.3) is 5.56 Å². The fraction of sp³-hybridized carbons (Fsp3) is 0.348. The van der Waals surface area contributed by atoms with Crippen LogP contribution in [0.25, 0.3) is 22.0 Å². The van der Waals surface area contributed by atoms with Crippen LogP contribution in [0.4, 0.5) is 0 Å². The Labute approximate surface area is 177 Å². The summed E-state index contributed by atoms with van der Waals surface area (Å²) in [6, 6.07) is 15.2. The highest BCUT2D eigenvalue weighted by Gasteiger charge is 2.22. The van der Waals surface area contributed by atoms with E-state index < -0.39 is 0 Å². The molecule has 1 saturated carbocycles. The molecule has 1 aliphatic carbocycles. The average Bonchev–Trinajstić information content (AvgIpc) is 3.10. The number of aromatic nitrogens is 3. The van der Waals surface area contributed by atoms with Crippen molar-refractivity contribution in [3.63, 3.8) is 0 Å². The third-order valence-electron chi connectivity index (χ3n) is 5.84. The standard InChI is InChI=1S/C23H23N3O3S/c27-21-17-10-4-5-11-18(17)24-22(26(21)16-8-2-1-3-9-16)30-15-14-25-19-12-6-7-13-20(19)29-23(25)28/h4-7,10-13,16H,1-3,8-9,14-15H2. The second-order valence-corrected chi connectivity index (χ2v) is 8.78. The average molecular weight is 422 g/mol. The van der Waals surface area contributed by atoms with Crippen LogP contribution in [0.2, 0.25) is 0 Å². The summed E-state index contributed by atoms with van der Waals surface area (Å²) in [6.45, 7) is 0.494. The summed E-state index contributed by atoms with van der Waals surface area (Å²) in [6.07, 6.45) is 5.54. The fourth-order valence-electron chi connectivity index (χ4n) is 4.34. The topological polar surface area (TPSA) is 70.0 Å². The first-order valence-corrected chi connectivity index (χ1v) is 11.4. The van der Waals surface area contributed by atoms with Gasteiger partial charge in [0, 0.05) is 18.3 Å². The summed E-state index contributed by atoms with van der Waals surface area (Å²) < 4.78 is 8.88. The first-order valence-electron chi connectivity index (χ1n) is 10.4. The molecule has 5 rings (SSSR count). The van der Waals surface area contributed by atoms with Crippen molar-refractivity contribution in [2.24, 2.45) is 0 Å². The summed E-state index contributed by atoms with van der Waals surface area (Å²) in [5, 5.41) is 1.41. The Kier molecular flexibility index (Phi) is 5.21. The molecule has 0 amide bonds. The normalized spacial score (nSPS) is 15.2. The van der Waals surface area contributed by atoms with E-state index in [2.05, 4.69) is 0 Å². The quantitative estimate of drug-likeness (QED) is 0.348. The lowest BCUT2D eigenvalue weighted by Crippen LogP contribution is -2.29. The SMILES string of the molecule is O=c1c2ccccc2nc(SCCn2c(=O)oc3ccccc32)n1C1CCCCC1. The Bertz CT molecular complexity index is 1310. The Hall–Kier alpha value is -2.80. The molecule has 0 radical (unpaired) electrons. The van der Waals surface area contributed by atoms with Gasteiger partial charge in [-0.05, 0) is 37.1 Å². The number of oxazole rings is 1. The zero-order valence-electron chi connectivity index (χ0n) is 16.6. The van der Waals surface area contributed by atoms with Crippen LogP contribution in [-0.4, -0.2) is 19.9 Å². The van der Waals surface area contributed by atoms with E-state index in [1.54, 1.807) is 10.6 Å². The minimum Gasteiger partial charge on any atom is -0.408 e. The van der Waals surface area contributed by atoms with Gasteiger partial charge in [0.05, 0.1) is 16.4 Å². The highest BCUT2D eigenvalue weighted by atomic mass is 32.2. The summed E-state index contributed by atoms with van der Waals surface area (Å²) in [4.78, 5) is 30.4. The van der Waals surface area contributed by atoms with Crippen molar-refractivity contribution in [2.45, 2.75) is 49.8 Å². The van der Waals surface area contributed by atoms with Crippen LogP contribution in [0.3, 0.4) is 0 Å². The van der Waals surface area contributed by atoms with Crippen molar-refractivity contribution in [1.82, 2.24) is 14.1 Å². The second kappa shape index (κ2) is 8.14. The number of hydrogen-bond acceptors (Lipinski definition) is 5. The molecule has 0 N–H and O–H groups in total. The van der Waals surface area contributed by atoms with E-state index >= 15 is 0 Å². The second-order valence-electron chi connectivity index (χ2n) is 7.71. The lowest BCUT2D eigenvalue weighted by atomic mass is 9.95. The Morgan fingerprint density at radius 1 is 1.00 bits per heavy atom. The zero-order valence-corrected chi connectivity index (χ0v) is 17.4. The van der Waals surface area contributed by atoms with Crippen molar-refractivity contribution in [3.05, 3.63) is 69.4 Å². The Morgan fingerprint density at radius 3 is 2.63 bits per heavy atom. The molecule has 1 aliphatic rings. The minimum atomic E-state index is -0.354. The number of nitrogens with zero attached hydrogens (tertiary/aromatic N) is 3. The van der Waals surface area contributed by atoms with E-state index in [-0.39, 0.29) is 17.4 Å². The summed E-state index contributed by atoms with van der Waals surface area (Å²) >= 11 is 1.54. The van der Waals surface area contributed by atoms with Crippen LogP contribution in [0.15, 0.2) is 67.7 Å². The van der Waals surface area contributed by atoms with Crippen LogP contribution in [0.1, 0.15) is 38.1 Å². The molecule has 0 spiro atoms. The van der Waals surface area contributed by atoms with E-state index in [1.807, 2.05) is 47.0 Å². The Morgan fingerprint density at radius 2 is 1.77 bits per heavy atom. The summed E-state index contributed by atoms with van der Waals surface area (Å²) in [5.74, 6) is 0.272. The maximum Gasteiger partial charge on any atom is 0.419 e. The van der Waals surface area contributed by atoms with Gasteiger partial charge in [0.15, 0.2) is 10.7 Å². The zero-order chi connectivity index (χ0) is 20.5. The summed E-state index contributed by atoms with van der Waals surface area (Å²) in [5.41, 5.74) is 2.15. The smallest absolute Gasteiger partial charge is 0.408 e. The number of hydrogen-bond donors (Lipinski definition) is 0. The van der Waals surface area contributed by atoms with Crippen LogP contribution < -0.4 is 11.3 Å². The van der Waals surface area contributed by atoms with Crippen molar-refractivity contribution in [3.8, 4) is 0 Å². The van der Waals surface area contributed by atoms with Crippen LogP contribution in [0, 0.1) is 0 Å². The number of aryl methyl sites for hydroxylation is 1. The lowest BCUT2D eigenvalue weighted by Gasteiger charge is -2.26. The molecule has 6 nitrogen and oxygen atoms in total. The molecule has 4 aromatic rings. The minimum absolute atomic E-state index is 0.0425. The predicted octanol–water partition coefficient (Wildman–Crippen LogP) is 4.60. The molecule has 1 fully saturated rings. The van der Waals surface area contributed by atoms with E-state index in [9.17, 15) is 9.59 Å². The monoisotopic (exact) mass is 421 g/mol. The highest BCUT2D eigenvalue weighted by Crippen LogP contribution is 2.31. The largest absolute Gasteiger partial charge is 0.419 e. The molecule has 0 aliphatic heterocycles. The molecule has 0 saturated heterocycles. The van der Waals surface area contributed by atoms with Gasteiger partial charge in [-0.15, -0.1) is 0 Å². The predicted molar refractivity (Wildman–Crippen MR) is 119 cm³/mol.